The number of fused-ring (bicyclic) bond motifs is 1. The second kappa shape index (κ2) is 9.74. The second-order valence-corrected chi connectivity index (χ2v) is 8.93. The smallest absolute Gasteiger partial charge is 0.324 e. The van der Waals surface area contributed by atoms with Crippen LogP contribution in [0.4, 0.5) is 24.8 Å². The van der Waals surface area contributed by atoms with Gasteiger partial charge in [0.25, 0.3) is 0 Å². The predicted octanol–water partition coefficient (Wildman–Crippen LogP) is 3.30. The molecule has 10 nitrogen and oxygen atoms in total. The lowest BCUT2D eigenvalue weighted by Gasteiger charge is -2.16. The standard InChI is InChI=1S/C24H18ClF3N8O2/c1-12-7-29-21(30-8-12)11-36-23(37)32-22(31-20-4-14-9-34(2)33-19(14)5-15(20)25)35(24(36)38)10-13-3-17(27)18(28)6-16(13)26/h3-9H,10-11H2,1-2H3,(H,31,32,37). The number of nitrogens with zero attached hydrogens (tertiary/aromatic N) is 7. The third-order valence-corrected chi connectivity index (χ3v) is 5.97. The van der Waals surface area contributed by atoms with Gasteiger partial charge in [0, 0.05) is 42.7 Å². The van der Waals surface area contributed by atoms with Gasteiger partial charge in [-0.05, 0) is 30.7 Å². The largest absolute Gasteiger partial charge is 0.355 e. The molecule has 0 unspecified atom stereocenters. The van der Waals surface area contributed by atoms with Crippen LogP contribution in [-0.2, 0) is 20.1 Å². The Labute approximate surface area is 217 Å². The molecule has 0 aliphatic rings. The molecule has 1 N–H and O–H groups in total. The van der Waals surface area contributed by atoms with E-state index >= 15 is 0 Å². The minimum atomic E-state index is -1.38. The monoisotopic (exact) mass is 542 g/mol. The quantitative estimate of drug-likeness (QED) is 0.328. The number of aromatic nitrogens is 7. The maximum atomic E-state index is 14.5. The van der Waals surface area contributed by atoms with E-state index in [2.05, 4.69) is 25.4 Å². The first-order valence-electron chi connectivity index (χ1n) is 11.1. The molecule has 0 saturated carbocycles. The third-order valence-electron chi connectivity index (χ3n) is 5.66. The number of halogens is 4. The molecule has 38 heavy (non-hydrogen) atoms. The van der Waals surface area contributed by atoms with Crippen LogP contribution in [0.3, 0.4) is 0 Å². The van der Waals surface area contributed by atoms with Crippen LogP contribution in [0.5, 0.6) is 0 Å². The number of aryl methyl sites for hydroxylation is 2. The van der Waals surface area contributed by atoms with Crippen molar-refractivity contribution in [3.63, 3.8) is 0 Å². The van der Waals surface area contributed by atoms with Crippen LogP contribution in [-0.4, -0.2) is 33.9 Å². The van der Waals surface area contributed by atoms with Crippen LogP contribution in [0.25, 0.3) is 10.9 Å². The Morgan fingerprint density at radius 2 is 1.66 bits per heavy atom. The number of benzene rings is 2. The Balaban J connectivity index is 1.64. The van der Waals surface area contributed by atoms with Crippen molar-refractivity contribution in [1.82, 2.24) is 33.9 Å². The number of nitrogens with one attached hydrogen (secondary N) is 1. The average molecular weight is 543 g/mol. The van der Waals surface area contributed by atoms with Crippen LogP contribution in [0, 0.1) is 24.4 Å². The Kier molecular flexibility index (Phi) is 6.45. The predicted molar refractivity (Wildman–Crippen MR) is 133 cm³/mol. The summed E-state index contributed by atoms with van der Waals surface area (Å²) in [5.74, 6) is -3.91. The van der Waals surface area contributed by atoms with Crippen molar-refractivity contribution < 1.29 is 13.2 Å². The first-order chi connectivity index (χ1) is 18.1. The van der Waals surface area contributed by atoms with Gasteiger partial charge in [0.1, 0.15) is 11.6 Å². The highest BCUT2D eigenvalue weighted by molar-refractivity contribution is 6.34. The Morgan fingerprint density at radius 3 is 2.39 bits per heavy atom. The van der Waals surface area contributed by atoms with Crippen molar-refractivity contribution in [2.45, 2.75) is 20.0 Å². The number of hydrogen-bond acceptors (Lipinski definition) is 7. The van der Waals surface area contributed by atoms with Crippen LogP contribution >= 0.6 is 11.6 Å². The Bertz CT molecular complexity index is 1820. The lowest BCUT2D eigenvalue weighted by molar-refractivity contribution is 0.485. The maximum Gasteiger partial charge on any atom is 0.355 e. The van der Waals surface area contributed by atoms with Gasteiger partial charge in [-0.2, -0.15) is 10.1 Å². The molecule has 0 aliphatic heterocycles. The maximum absolute atomic E-state index is 14.5. The summed E-state index contributed by atoms with van der Waals surface area (Å²) in [5.41, 5.74) is -0.557. The minimum Gasteiger partial charge on any atom is -0.324 e. The summed E-state index contributed by atoms with van der Waals surface area (Å²) in [6.07, 6.45) is 4.76. The fraction of sp³-hybridized carbons (Fsp3) is 0.167. The Hall–Kier alpha value is -4.52. The molecule has 0 atom stereocenters. The highest BCUT2D eigenvalue weighted by atomic mass is 35.5. The van der Waals surface area contributed by atoms with E-state index < -0.39 is 35.4 Å². The van der Waals surface area contributed by atoms with E-state index in [9.17, 15) is 22.8 Å². The summed E-state index contributed by atoms with van der Waals surface area (Å²) in [4.78, 5) is 38.6. The number of rotatable bonds is 6. The van der Waals surface area contributed by atoms with Gasteiger partial charge in [-0.25, -0.2) is 37.3 Å². The molecular weight excluding hydrogens is 525 g/mol. The van der Waals surface area contributed by atoms with Gasteiger partial charge < -0.3 is 5.32 Å². The van der Waals surface area contributed by atoms with E-state index in [0.717, 1.165) is 14.7 Å². The molecule has 194 valence electrons. The molecule has 5 rings (SSSR count). The summed E-state index contributed by atoms with van der Waals surface area (Å²) < 4.78 is 45.2. The molecule has 14 heteroatoms. The number of anilines is 2. The zero-order valence-electron chi connectivity index (χ0n) is 19.9. The van der Waals surface area contributed by atoms with Crippen LogP contribution in [0.15, 0.2) is 52.4 Å². The van der Waals surface area contributed by atoms with E-state index in [1.165, 1.54) is 12.4 Å². The van der Waals surface area contributed by atoms with Crippen molar-refractivity contribution >= 4 is 34.1 Å². The average Bonchev–Trinajstić information content (AvgIpc) is 3.22. The van der Waals surface area contributed by atoms with Crippen LogP contribution < -0.4 is 16.7 Å². The lowest BCUT2D eigenvalue weighted by Crippen LogP contribution is -2.43. The fourth-order valence-corrected chi connectivity index (χ4v) is 3.99. The van der Waals surface area contributed by atoms with E-state index in [-0.39, 0.29) is 34.6 Å². The van der Waals surface area contributed by atoms with Gasteiger partial charge >= 0.3 is 11.4 Å². The van der Waals surface area contributed by atoms with E-state index in [4.69, 9.17) is 11.6 Å². The second-order valence-electron chi connectivity index (χ2n) is 8.53. The van der Waals surface area contributed by atoms with Gasteiger partial charge in [-0.1, -0.05) is 11.6 Å². The summed E-state index contributed by atoms with van der Waals surface area (Å²) in [5, 5.41) is 8.00. The first-order valence-corrected chi connectivity index (χ1v) is 11.5. The zero-order valence-corrected chi connectivity index (χ0v) is 20.7. The van der Waals surface area contributed by atoms with Gasteiger partial charge in [-0.15, -0.1) is 0 Å². The van der Waals surface area contributed by atoms with Gasteiger partial charge in [-0.3, -0.25) is 9.25 Å². The summed E-state index contributed by atoms with van der Waals surface area (Å²) >= 11 is 6.39. The molecule has 0 aliphatic carbocycles. The molecule has 5 aromatic rings. The van der Waals surface area contributed by atoms with E-state index in [1.54, 1.807) is 37.0 Å². The molecule has 0 radical (unpaired) electrons. The zero-order chi connectivity index (χ0) is 27.1. The highest BCUT2D eigenvalue weighted by Crippen LogP contribution is 2.29. The van der Waals surface area contributed by atoms with E-state index in [1.807, 2.05) is 0 Å². The van der Waals surface area contributed by atoms with Crippen molar-refractivity contribution in [2.75, 3.05) is 5.32 Å². The summed E-state index contributed by atoms with van der Waals surface area (Å²) in [7, 11) is 1.73. The highest BCUT2D eigenvalue weighted by Gasteiger charge is 2.19. The summed E-state index contributed by atoms with van der Waals surface area (Å²) in [6.45, 7) is 0.863. The number of hydrogen-bond donors (Lipinski definition) is 1. The molecule has 3 aromatic heterocycles. The van der Waals surface area contributed by atoms with E-state index in [0.29, 0.717) is 23.0 Å². The minimum absolute atomic E-state index is 0.160. The van der Waals surface area contributed by atoms with Crippen LogP contribution in [0.2, 0.25) is 5.02 Å². The lowest BCUT2D eigenvalue weighted by atomic mass is 10.2. The SMILES string of the molecule is Cc1cnc(Cn2c(=O)nc(Nc3cc4cn(C)nc4cc3Cl)n(Cc3cc(F)c(F)cc3F)c2=O)nc1. The third kappa shape index (κ3) is 4.87. The Morgan fingerprint density at radius 1 is 0.947 bits per heavy atom. The van der Waals surface area contributed by atoms with Gasteiger partial charge in [0.05, 0.1) is 29.3 Å². The first kappa shape index (κ1) is 25.1. The topological polar surface area (TPSA) is 113 Å². The summed E-state index contributed by atoms with van der Waals surface area (Å²) in [6, 6.07) is 4.21. The van der Waals surface area contributed by atoms with Crippen molar-refractivity contribution in [2.24, 2.45) is 7.05 Å². The molecule has 0 fully saturated rings. The van der Waals surface area contributed by atoms with Crippen LogP contribution in [0.1, 0.15) is 17.0 Å². The van der Waals surface area contributed by atoms with Crippen molar-refractivity contribution in [3.8, 4) is 0 Å². The molecular formula is C24H18ClF3N8O2. The normalized spacial score (nSPS) is 11.3. The van der Waals surface area contributed by atoms with Gasteiger partial charge in [0.15, 0.2) is 11.6 Å². The molecule has 0 bridgehead atoms. The van der Waals surface area contributed by atoms with Crippen molar-refractivity contribution in [3.05, 3.63) is 103 Å². The molecule has 3 heterocycles. The van der Waals surface area contributed by atoms with Crippen molar-refractivity contribution in [1.29, 1.82) is 0 Å². The van der Waals surface area contributed by atoms with Gasteiger partial charge in [0.2, 0.25) is 5.95 Å². The fourth-order valence-electron chi connectivity index (χ4n) is 3.79. The molecule has 0 amide bonds. The molecule has 2 aromatic carbocycles. The molecule has 0 saturated heterocycles. The molecule has 0 spiro atoms.